The molecule has 3 heteroatoms. The van der Waals surface area contributed by atoms with Gasteiger partial charge in [0.05, 0.1) is 0 Å². The van der Waals surface area contributed by atoms with E-state index in [0.29, 0.717) is 11.8 Å². The molecule has 0 aromatic heterocycles. The highest BCUT2D eigenvalue weighted by Crippen LogP contribution is 2.36. The molecule has 1 aromatic rings. The third kappa shape index (κ3) is 4.73. The fraction of sp³-hybridized carbons (Fsp3) is 0.600. The Balaban J connectivity index is 2.34. The fourth-order valence-electron chi connectivity index (χ4n) is 3.46. The molecule has 3 atom stereocenters. The van der Waals surface area contributed by atoms with Crippen molar-refractivity contribution in [1.29, 1.82) is 0 Å². The molecular weight excluding hydrogens is 286 g/mol. The summed E-state index contributed by atoms with van der Waals surface area (Å²) < 4.78 is 5.70. The van der Waals surface area contributed by atoms with Gasteiger partial charge >= 0.3 is 6.09 Å². The number of benzene rings is 1. The van der Waals surface area contributed by atoms with E-state index in [4.69, 9.17) is 4.74 Å². The topological polar surface area (TPSA) is 29.5 Å². The van der Waals surface area contributed by atoms with E-state index in [1.807, 2.05) is 56.0 Å². The molecule has 1 fully saturated rings. The zero-order chi connectivity index (χ0) is 17.0. The number of anilines is 1. The molecule has 2 rings (SSSR count). The fourth-order valence-corrected chi connectivity index (χ4v) is 3.46. The molecule has 1 aliphatic carbocycles. The maximum atomic E-state index is 12.9. The Kier molecular flexibility index (Phi) is 5.72. The number of ether oxygens (including phenoxy) is 1. The second kappa shape index (κ2) is 7.37. The molecule has 1 amide bonds. The Morgan fingerprint density at radius 1 is 1.22 bits per heavy atom. The van der Waals surface area contributed by atoms with Crippen molar-refractivity contribution in [2.24, 2.45) is 11.8 Å². The van der Waals surface area contributed by atoms with Crippen molar-refractivity contribution in [3.63, 3.8) is 0 Å². The van der Waals surface area contributed by atoms with Crippen LogP contribution in [-0.2, 0) is 4.74 Å². The van der Waals surface area contributed by atoms with Gasteiger partial charge in [0.1, 0.15) is 5.60 Å². The van der Waals surface area contributed by atoms with Crippen molar-refractivity contribution in [3.05, 3.63) is 37.3 Å². The standard InChI is InChI=1S/C20H30NO2/c1-15(2)17-13-9-10-14-18(17)21(16-11-7-6-8-12-16)19(22)23-20(3,4)5/h6-8,11-12,15,17-18H,1,9-10,13-14H2,2-5H3. The number of hydrogen-bond acceptors (Lipinski definition) is 2. The molecule has 0 spiro atoms. The highest BCUT2D eigenvalue weighted by Gasteiger charge is 2.37. The van der Waals surface area contributed by atoms with Crippen molar-refractivity contribution in [1.82, 2.24) is 0 Å². The molecule has 3 nitrogen and oxygen atoms in total. The molecule has 1 aliphatic rings. The summed E-state index contributed by atoms with van der Waals surface area (Å²) >= 11 is 0. The molecule has 0 N–H and O–H groups in total. The van der Waals surface area contributed by atoms with Crippen LogP contribution in [0, 0.1) is 18.8 Å². The van der Waals surface area contributed by atoms with Gasteiger partial charge in [0.15, 0.2) is 0 Å². The zero-order valence-corrected chi connectivity index (χ0v) is 14.9. The molecule has 1 aromatic carbocycles. The number of hydrogen-bond donors (Lipinski definition) is 0. The van der Waals surface area contributed by atoms with Crippen LogP contribution >= 0.6 is 0 Å². The van der Waals surface area contributed by atoms with E-state index in [1.54, 1.807) is 0 Å². The molecular formula is C20H30NO2. The lowest BCUT2D eigenvalue weighted by Gasteiger charge is -2.42. The smallest absolute Gasteiger partial charge is 0.415 e. The first kappa shape index (κ1) is 17.8. The Hall–Kier alpha value is -1.51. The van der Waals surface area contributed by atoms with E-state index in [2.05, 4.69) is 13.8 Å². The number of carbonyl (C=O) groups is 1. The molecule has 0 heterocycles. The van der Waals surface area contributed by atoms with Crippen LogP contribution in [0.2, 0.25) is 0 Å². The third-order valence-corrected chi connectivity index (χ3v) is 4.47. The largest absolute Gasteiger partial charge is 0.443 e. The molecule has 3 unspecified atom stereocenters. The van der Waals surface area contributed by atoms with E-state index < -0.39 is 5.60 Å². The minimum Gasteiger partial charge on any atom is -0.443 e. The highest BCUT2D eigenvalue weighted by molar-refractivity contribution is 5.88. The summed E-state index contributed by atoms with van der Waals surface area (Å²) in [5.74, 6) is 0.727. The SMILES string of the molecule is [CH2]C(C)C1CCCCC1N(C(=O)OC(C)(C)C)c1ccccc1. The van der Waals surface area contributed by atoms with Crippen LogP contribution in [0.15, 0.2) is 30.3 Å². The number of amides is 1. The molecule has 1 saturated carbocycles. The lowest BCUT2D eigenvalue weighted by atomic mass is 9.77. The number of carbonyl (C=O) groups excluding carboxylic acids is 1. The van der Waals surface area contributed by atoms with Gasteiger partial charge in [-0.15, -0.1) is 0 Å². The van der Waals surface area contributed by atoms with Gasteiger partial charge in [-0.25, -0.2) is 4.79 Å². The van der Waals surface area contributed by atoms with E-state index in [-0.39, 0.29) is 12.1 Å². The normalized spacial score (nSPS) is 22.0. The summed E-state index contributed by atoms with van der Waals surface area (Å²) in [7, 11) is 0. The van der Waals surface area contributed by atoms with Gasteiger partial charge in [-0.2, -0.15) is 0 Å². The third-order valence-electron chi connectivity index (χ3n) is 4.47. The second-order valence-corrected chi connectivity index (χ2v) is 7.68. The van der Waals surface area contributed by atoms with Gasteiger partial charge in [-0.1, -0.05) is 44.9 Å². The van der Waals surface area contributed by atoms with Crippen molar-refractivity contribution in [2.45, 2.75) is 65.0 Å². The van der Waals surface area contributed by atoms with Crippen LogP contribution in [0.25, 0.3) is 0 Å². The number of nitrogens with zero attached hydrogens (tertiary/aromatic N) is 1. The predicted octanol–water partition coefficient (Wildman–Crippen LogP) is 5.46. The van der Waals surface area contributed by atoms with Crippen LogP contribution < -0.4 is 4.90 Å². The average Bonchev–Trinajstić information content (AvgIpc) is 2.47. The van der Waals surface area contributed by atoms with Crippen molar-refractivity contribution >= 4 is 11.8 Å². The lowest BCUT2D eigenvalue weighted by molar-refractivity contribution is 0.0535. The molecule has 0 aliphatic heterocycles. The minimum atomic E-state index is -0.496. The van der Waals surface area contributed by atoms with E-state index in [9.17, 15) is 4.79 Å². The van der Waals surface area contributed by atoms with Crippen LogP contribution in [0.4, 0.5) is 10.5 Å². The first-order chi connectivity index (χ1) is 10.8. The molecule has 127 valence electrons. The molecule has 0 bridgehead atoms. The molecule has 0 saturated heterocycles. The highest BCUT2D eigenvalue weighted by atomic mass is 16.6. The summed E-state index contributed by atoms with van der Waals surface area (Å²) in [5, 5.41) is 0. The van der Waals surface area contributed by atoms with Crippen molar-refractivity contribution in [2.75, 3.05) is 4.90 Å². The maximum Gasteiger partial charge on any atom is 0.415 e. The van der Waals surface area contributed by atoms with E-state index in [0.717, 1.165) is 24.9 Å². The van der Waals surface area contributed by atoms with Gasteiger partial charge in [0.25, 0.3) is 0 Å². The first-order valence-corrected chi connectivity index (χ1v) is 8.70. The van der Waals surface area contributed by atoms with Crippen molar-refractivity contribution in [3.8, 4) is 0 Å². The molecule has 23 heavy (non-hydrogen) atoms. The van der Waals surface area contributed by atoms with Crippen LogP contribution in [0.1, 0.15) is 53.4 Å². The van der Waals surface area contributed by atoms with Gasteiger partial charge in [0.2, 0.25) is 0 Å². The monoisotopic (exact) mass is 316 g/mol. The number of para-hydroxylation sites is 1. The number of rotatable bonds is 3. The van der Waals surface area contributed by atoms with Gasteiger partial charge in [-0.05, 0) is 57.6 Å². The minimum absolute atomic E-state index is 0.161. The van der Waals surface area contributed by atoms with Crippen LogP contribution in [0.3, 0.4) is 0 Å². The van der Waals surface area contributed by atoms with Crippen LogP contribution in [0.5, 0.6) is 0 Å². The predicted molar refractivity (Wildman–Crippen MR) is 95.4 cm³/mol. The van der Waals surface area contributed by atoms with E-state index >= 15 is 0 Å². The second-order valence-electron chi connectivity index (χ2n) is 7.68. The van der Waals surface area contributed by atoms with Gasteiger partial charge < -0.3 is 4.74 Å². The Morgan fingerprint density at radius 2 is 1.83 bits per heavy atom. The lowest BCUT2D eigenvalue weighted by Crippen LogP contribution is -2.49. The first-order valence-electron chi connectivity index (χ1n) is 8.70. The Bertz CT molecular complexity index is 504. The zero-order valence-electron chi connectivity index (χ0n) is 14.9. The maximum absolute atomic E-state index is 12.9. The quantitative estimate of drug-likeness (QED) is 0.741. The summed E-state index contributed by atoms with van der Waals surface area (Å²) in [4.78, 5) is 14.8. The molecule has 1 radical (unpaired) electrons. The van der Waals surface area contributed by atoms with Crippen LogP contribution in [-0.4, -0.2) is 17.7 Å². The Morgan fingerprint density at radius 3 is 2.39 bits per heavy atom. The van der Waals surface area contributed by atoms with Gasteiger partial charge in [-0.3, -0.25) is 4.90 Å². The summed E-state index contributed by atoms with van der Waals surface area (Å²) in [6, 6.07) is 10.1. The Labute approximate surface area is 141 Å². The van der Waals surface area contributed by atoms with Gasteiger partial charge in [0, 0.05) is 11.7 Å². The summed E-state index contributed by atoms with van der Waals surface area (Å²) in [6.45, 7) is 12.1. The summed E-state index contributed by atoms with van der Waals surface area (Å²) in [5.41, 5.74) is 0.420. The van der Waals surface area contributed by atoms with Crippen molar-refractivity contribution < 1.29 is 9.53 Å². The average molecular weight is 316 g/mol. The van der Waals surface area contributed by atoms with E-state index in [1.165, 1.54) is 6.42 Å². The summed E-state index contributed by atoms with van der Waals surface area (Å²) in [6.07, 6.45) is 4.26.